The number of hydrogen-bond acceptors (Lipinski definition) is 3. The molecule has 3 saturated heterocycles. The van der Waals surface area contributed by atoms with E-state index in [9.17, 15) is 0 Å². The number of fused-ring (bicyclic) bond motifs is 2. The third-order valence-electron chi connectivity index (χ3n) is 5.75. The van der Waals surface area contributed by atoms with Crippen molar-refractivity contribution < 1.29 is 4.74 Å². The molecule has 2 unspecified atom stereocenters. The molecular weight excluding hydrogens is 224 g/mol. The van der Waals surface area contributed by atoms with Crippen molar-refractivity contribution in [2.75, 3.05) is 6.61 Å². The molecule has 1 saturated carbocycles. The first-order chi connectivity index (χ1) is 8.78. The van der Waals surface area contributed by atoms with Crippen LogP contribution in [0, 0.1) is 0 Å². The fraction of sp³-hybridized carbons (Fsp3) is 1.00. The zero-order valence-corrected chi connectivity index (χ0v) is 11.3. The van der Waals surface area contributed by atoms with E-state index in [1.165, 1.54) is 64.2 Å². The second-order valence-corrected chi connectivity index (χ2v) is 7.10. The normalized spacial score (nSPS) is 46.7. The zero-order valence-electron chi connectivity index (χ0n) is 11.3. The SMILES string of the molecule is C1CCC2(CC1)CCOC1(CC3CCC(C1)N3)N2. The summed E-state index contributed by atoms with van der Waals surface area (Å²) in [7, 11) is 0. The number of rotatable bonds is 0. The van der Waals surface area contributed by atoms with Gasteiger partial charge in [-0.05, 0) is 32.1 Å². The van der Waals surface area contributed by atoms with Crippen LogP contribution in [-0.2, 0) is 4.74 Å². The molecule has 0 aromatic rings. The lowest BCUT2D eigenvalue weighted by Crippen LogP contribution is -2.68. The van der Waals surface area contributed by atoms with Crippen LogP contribution in [0.15, 0.2) is 0 Å². The molecule has 18 heavy (non-hydrogen) atoms. The van der Waals surface area contributed by atoms with Crippen LogP contribution in [0.2, 0.25) is 0 Å². The van der Waals surface area contributed by atoms with Gasteiger partial charge >= 0.3 is 0 Å². The summed E-state index contributed by atoms with van der Waals surface area (Å²) in [6, 6.07) is 1.41. The Balaban J connectivity index is 1.54. The molecule has 0 aromatic heterocycles. The van der Waals surface area contributed by atoms with E-state index in [1.807, 2.05) is 0 Å². The molecule has 0 aromatic carbocycles. The van der Waals surface area contributed by atoms with Gasteiger partial charge in [-0.3, -0.25) is 5.32 Å². The Hall–Kier alpha value is -0.120. The molecule has 1 aliphatic carbocycles. The Kier molecular flexibility index (Phi) is 2.72. The molecule has 4 rings (SSSR count). The van der Waals surface area contributed by atoms with E-state index < -0.39 is 0 Å². The summed E-state index contributed by atoms with van der Waals surface area (Å²) < 4.78 is 6.26. The van der Waals surface area contributed by atoms with Gasteiger partial charge in [-0.25, -0.2) is 0 Å². The number of ether oxygens (including phenoxy) is 1. The molecule has 0 radical (unpaired) electrons. The Morgan fingerprint density at radius 3 is 2.33 bits per heavy atom. The molecule has 2 N–H and O–H groups in total. The lowest BCUT2D eigenvalue weighted by atomic mass is 9.76. The first-order valence-electron chi connectivity index (χ1n) is 7.97. The Labute approximate surface area is 110 Å². The van der Waals surface area contributed by atoms with Gasteiger partial charge in [0.1, 0.15) is 5.72 Å². The summed E-state index contributed by atoms with van der Waals surface area (Å²) in [4.78, 5) is 0. The van der Waals surface area contributed by atoms with Gasteiger partial charge in [0.2, 0.25) is 0 Å². The summed E-state index contributed by atoms with van der Waals surface area (Å²) in [5, 5.41) is 7.76. The van der Waals surface area contributed by atoms with Crippen molar-refractivity contribution in [2.45, 2.75) is 87.6 Å². The Morgan fingerprint density at radius 2 is 1.61 bits per heavy atom. The van der Waals surface area contributed by atoms with E-state index in [4.69, 9.17) is 4.74 Å². The van der Waals surface area contributed by atoms with Gasteiger partial charge in [-0.1, -0.05) is 19.3 Å². The van der Waals surface area contributed by atoms with Crippen molar-refractivity contribution >= 4 is 0 Å². The lowest BCUT2D eigenvalue weighted by molar-refractivity contribution is -0.160. The maximum absolute atomic E-state index is 6.26. The first-order valence-corrected chi connectivity index (χ1v) is 7.97. The van der Waals surface area contributed by atoms with E-state index in [1.54, 1.807) is 0 Å². The summed E-state index contributed by atoms with van der Waals surface area (Å²) in [5.74, 6) is 0. The number of hydrogen-bond donors (Lipinski definition) is 2. The van der Waals surface area contributed by atoms with Crippen molar-refractivity contribution in [3.8, 4) is 0 Å². The molecule has 102 valence electrons. The fourth-order valence-corrected chi connectivity index (χ4v) is 4.95. The highest BCUT2D eigenvalue weighted by Gasteiger charge is 2.50. The quantitative estimate of drug-likeness (QED) is 0.692. The standard InChI is InChI=1S/C15H26N2O/c1-2-6-14(7-3-1)8-9-18-15(17-14)10-12-4-5-13(11-15)16-12/h12-13,16-17H,1-11H2. The molecule has 4 aliphatic rings. The number of nitrogens with one attached hydrogen (secondary N) is 2. The van der Waals surface area contributed by atoms with Gasteiger partial charge in [-0.15, -0.1) is 0 Å². The van der Waals surface area contributed by atoms with Crippen LogP contribution in [0.3, 0.4) is 0 Å². The average molecular weight is 250 g/mol. The summed E-state index contributed by atoms with van der Waals surface area (Å²) in [5.41, 5.74) is 0.444. The Bertz CT molecular complexity index is 307. The van der Waals surface area contributed by atoms with Crippen LogP contribution in [0.4, 0.5) is 0 Å². The van der Waals surface area contributed by atoms with Gasteiger partial charge < -0.3 is 10.1 Å². The molecule has 3 aliphatic heterocycles. The highest BCUT2D eigenvalue weighted by Crippen LogP contribution is 2.42. The molecule has 2 spiro atoms. The van der Waals surface area contributed by atoms with Crippen LogP contribution in [-0.4, -0.2) is 30.0 Å². The van der Waals surface area contributed by atoms with Gasteiger partial charge in [0.05, 0.1) is 6.61 Å². The third-order valence-corrected chi connectivity index (χ3v) is 5.75. The highest BCUT2D eigenvalue weighted by molar-refractivity contribution is 5.06. The van der Waals surface area contributed by atoms with Crippen LogP contribution >= 0.6 is 0 Å². The minimum Gasteiger partial charge on any atom is -0.360 e. The lowest BCUT2D eigenvalue weighted by Gasteiger charge is -2.53. The van der Waals surface area contributed by atoms with E-state index >= 15 is 0 Å². The van der Waals surface area contributed by atoms with Crippen LogP contribution in [0.1, 0.15) is 64.2 Å². The van der Waals surface area contributed by atoms with Crippen molar-refractivity contribution in [3.05, 3.63) is 0 Å². The third kappa shape index (κ3) is 1.91. The second-order valence-electron chi connectivity index (χ2n) is 7.10. The summed E-state index contributed by atoms with van der Waals surface area (Å²) in [6.45, 7) is 0.979. The molecule has 4 fully saturated rings. The molecule has 2 bridgehead atoms. The minimum absolute atomic E-state index is 0.0205. The highest BCUT2D eigenvalue weighted by atomic mass is 16.5. The van der Waals surface area contributed by atoms with E-state index in [-0.39, 0.29) is 5.72 Å². The van der Waals surface area contributed by atoms with Gasteiger partial charge in [0, 0.05) is 30.5 Å². The smallest absolute Gasteiger partial charge is 0.122 e. The monoisotopic (exact) mass is 250 g/mol. The van der Waals surface area contributed by atoms with Gasteiger partial charge in [0.15, 0.2) is 0 Å². The van der Waals surface area contributed by atoms with Crippen molar-refractivity contribution in [3.63, 3.8) is 0 Å². The second kappa shape index (κ2) is 4.19. The predicted octanol–water partition coefficient (Wildman–Crippen LogP) is 2.31. The van der Waals surface area contributed by atoms with Crippen molar-refractivity contribution in [1.82, 2.24) is 10.6 Å². The zero-order chi connectivity index (χ0) is 12.1. The maximum Gasteiger partial charge on any atom is 0.122 e. The van der Waals surface area contributed by atoms with Crippen molar-refractivity contribution in [1.29, 1.82) is 0 Å². The van der Waals surface area contributed by atoms with E-state index in [2.05, 4.69) is 10.6 Å². The molecule has 3 nitrogen and oxygen atoms in total. The van der Waals surface area contributed by atoms with Crippen LogP contribution in [0.5, 0.6) is 0 Å². The van der Waals surface area contributed by atoms with Gasteiger partial charge in [-0.2, -0.15) is 0 Å². The Morgan fingerprint density at radius 1 is 0.889 bits per heavy atom. The van der Waals surface area contributed by atoms with Gasteiger partial charge in [0.25, 0.3) is 0 Å². The molecule has 0 amide bonds. The number of piperidine rings is 1. The molecular formula is C15H26N2O. The largest absolute Gasteiger partial charge is 0.360 e. The summed E-state index contributed by atoms with van der Waals surface area (Å²) in [6.07, 6.45) is 13.3. The molecule has 2 atom stereocenters. The van der Waals surface area contributed by atoms with E-state index in [0.717, 1.165) is 6.61 Å². The minimum atomic E-state index is 0.0205. The molecule has 3 heteroatoms. The maximum atomic E-state index is 6.26. The van der Waals surface area contributed by atoms with Crippen LogP contribution in [0.25, 0.3) is 0 Å². The van der Waals surface area contributed by atoms with Crippen molar-refractivity contribution in [2.24, 2.45) is 0 Å². The predicted molar refractivity (Wildman–Crippen MR) is 71.4 cm³/mol. The summed E-state index contributed by atoms with van der Waals surface area (Å²) >= 11 is 0. The average Bonchev–Trinajstić information content (AvgIpc) is 2.70. The van der Waals surface area contributed by atoms with Crippen LogP contribution < -0.4 is 10.6 Å². The molecule has 3 heterocycles. The topological polar surface area (TPSA) is 33.3 Å². The fourth-order valence-electron chi connectivity index (χ4n) is 4.95. The van der Waals surface area contributed by atoms with E-state index in [0.29, 0.717) is 17.6 Å². The first kappa shape index (κ1) is 11.7.